The summed E-state index contributed by atoms with van der Waals surface area (Å²) in [5.41, 5.74) is 0.638. The second-order valence-corrected chi connectivity index (χ2v) is 5.12. The van der Waals surface area contributed by atoms with E-state index in [1.54, 1.807) is 12.3 Å². The number of aromatic nitrogens is 2. The van der Waals surface area contributed by atoms with E-state index in [0.29, 0.717) is 5.69 Å². The van der Waals surface area contributed by atoms with Crippen molar-refractivity contribution < 1.29 is 9.90 Å². The van der Waals surface area contributed by atoms with Gasteiger partial charge in [-0.3, -0.25) is 4.79 Å². The van der Waals surface area contributed by atoms with Gasteiger partial charge in [-0.2, -0.15) is 11.8 Å². The van der Waals surface area contributed by atoms with Crippen LogP contribution < -0.4 is 0 Å². The van der Waals surface area contributed by atoms with Gasteiger partial charge in [0.25, 0.3) is 0 Å². The molecular formula is C11H14N2O2S. The Balaban J connectivity index is 2.20. The molecular weight excluding hydrogens is 224 g/mol. The molecule has 0 saturated carbocycles. The molecule has 2 rings (SSSR count). The molecule has 1 aromatic rings. The molecule has 1 unspecified atom stereocenters. The summed E-state index contributed by atoms with van der Waals surface area (Å²) in [6, 6.07) is 1.71. The minimum absolute atomic E-state index is 0.216. The minimum atomic E-state index is -0.768. The Morgan fingerprint density at radius 2 is 2.25 bits per heavy atom. The van der Waals surface area contributed by atoms with E-state index in [9.17, 15) is 9.90 Å². The maximum atomic E-state index is 11.3. The van der Waals surface area contributed by atoms with Gasteiger partial charge in [0.15, 0.2) is 0 Å². The zero-order chi connectivity index (χ0) is 11.4. The highest BCUT2D eigenvalue weighted by atomic mass is 32.2. The van der Waals surface area contributed by atoms with Crippen molar-refractivity contribution in [1.82, 2.24) is 9.97 Å². The summed E-state index contributed by atoms with van der Waals surface area (Å²) in [6.07, 6.45) is 4.95. The average Bonchev–Trinajstić information content (AvgIpc) is 2.31. The molecule has 1 saturated heterocycles. The molecule has 4 nitrogen and oxygen atoms in total. The average molecular weight is 238 g/mol. The predicted molar refractivity (Wildman–Crippen MR) is 62.5 cm³/mol. The minimum Gasteiger partial charge on any atom is -0.481 e. The first kappa shape index (κ1) is 11.4. The van der Waals surface area contributed by atoms with E-state index in [0.717, 1.165) is 24.3 Å². The van der Waals surface area contributed by atoms with E-state index >= 15 is 0 Å². The molecule has 2 heterocycles. The van der Waals surface area contributed by atoms with Crippen LogP contribution in [0.5, 0.6) is 0 Å². The van der Waals surface area contributed by atoms with Crippen LogP contribution >= 0.6 is 11.8 Å². The summed E-state index contributed by atoms with van der Waals surface area (Å²) in [6.45, 7) is 0. The van der Waals surface area contributed by atoms with Crippen molar-refractivity contribution in [2.75, 3.05) is 11.5 Å². The summed E-state index contributed by atoms with van der Waals surface area (Å²) < 4.78 is 0. The molecule has 0 amide bonds. The number of nitrogens with zero attached hydrogens (tertiary/aromatic N) is 2. The first-order chi connectivity index (χ1) is 7.79. The molecule has 0 aromatic carbocycles. The van der Waals surface area contributed by atoms with Gasteiger partial charge in [0.05, 0.1) is 5.69 Å². The van der Waals surface area contributed by atoms with Crippen LogP contribution in [0.3, 0.4) is 0 Å². The van der Waals surface area contributed by atoms with E-state index in [1.807, 2.05) is 11.8 Å². The summed E-state index contributed by atoms with van der Waals surface area (Å²) >= 11 is 1.90. The zero-order valence-electron chi connectivity index (χ0n) is 8.87. The third kappa shape index (κ3) is 2.52. The van der Waals surface area contributed by atoms with E-state index in [1.165, 1.54) is 6.33 Å². The highest BCUT2D eigenvalue weighted by Gasteiger charge is 2.31. The van der Waals surface area contributed by atoms with Crippen molar-refractivity contribution >= 4 is 17.7 Å². The molecule has 0 spiro atoms. The van der Waals surface area contributed by atoms with Gasteiger partial charge in [0.2, 0.25) is 0 Å². The molecule has 1 atom stereocenters. The lowest BCUT2D eigenvalue weighted by Gasteiger charge is -2.26. The van der Waals surface area contributed by atoms with Crippen molar-refractivity contribution in [2.24, 2.45) is 5.92 Å². The lowest BCUT2D eigenvalue weighted by Crippen LogP contribution is -2.25. The van der Waals surface area contributed by atoms with Crippen molar-refractivity contribution in [2.45, 2.75) is 18.8 Å². The van der Waals surface area contributed by atoms with Gasteiger partial charge < -0.3 is 5.11 Å². The zero-order valence-corrected chi connectivity index (χ0v) is 9.69. The fourth-order valence-electron chi connectivity index (χ4n) is 2.10. The molecule has 1 N–H and O–H groups in total. The summed E-state index contributed by atoms with van der Waals surface area (Å²) in [7, 11) is 0. The Morgan fingerprint density at radius 1 is 1.50 bits per heavy atom. The molecule has 86 valence electrons. The number of thioether (sulfide) groups is 1. The van der Waals surface area contributed by atoms with Crippen molar-refractivity contribution in [3.05, 3.63) is 24.3 Å². The lowest BCUT2D eigenvalue weighted by atomic mass is 9.85. The fourth-order valence-corrected chi connectivity index (χ4v) is 3.25. The molecule has 0 radical (unpaired) electrons. The SMILES string of the molecule is O=C(O)C(c1ccncn1)C1CCSCC1. The molecule has 1 aromatic heterocycles. The molecule has 1 fully saturated rings. The van der Waals surface area contributed by atoms with Gasteiger partial charge in [-0.05, 0) is 36.3 Å². The van der Waals surface area contributed by atoms with Gasteiger partial charge in [-0.15, -0.1) is 0 Å². The topological polar surface area (TPSA) is 63.1 Å². The molecule has 0 aliphatic carbocycles. The van der Waals surface area contributed by atoms with E-state index in [-0.39, 0.29) is 5.92 Å². The quantitative estimate of drug-likeness (QED) is 0.869. The fraction of sp³-hybridized carbons (Fsp3) is 0.545. The van der Waals surface area contributed by atoms with E-state index in [2.05, 4.69) is 9.97 Å². The standard InChI is InChI=1S/C11H14N2O2S/c14-11(15)10(8-2-5-16-6-3-8)9-1-4-12-7-13-9/h1,4,7-8,10H,2-3,5-6H2,(H,14,15). The Morgan fingerprint density at radius 3 is 2.81 bits per heavy atom. The normalized spacial score (nSPS) is 19.2. The second-order valence-electron chi connectivity index (χ2n) is 3.90. The summed E-state index contributed by atoms with van der Waals surface area (Å²) in [4.78, 5) is 19.2. The first-order valence-corrected chi connectivity index (χ1v) is 6.51. The van der Waals surface area contributed by atoms with Crippen LogP contribution in [0.1, 0.15) is 24.5 Å². The van der Waals surface area contributed by atoms with Gasteiger partial charge >= 0.3 is 5.97 Å². The maximum absolute atomic E-state index is 11.3. The highest BCUT2D eigenvalue weighted by molar-refractivity contribution is 7.99. The maximum Gasteiger partial charge on any atom is 0.312 e. The number of carboxylic acid groups (broad SMARTS) is 1. The monoisotopic (exact) mass is 238 g/mol. The van der Waals surface area contributed by atoms with Crippen molar-refractivity contribution in [3.63, 3.8) is 0 Å². The smallest absolute Gasteiger partial charge is 0.312 e. The third-order valence-electron chi connectivity index (χ3n) is 2.93. The Kier molecular flexibility index (Phi) is 3.77. The Hall–Kier alpha value is -1.10. The molecule has 5 heteroatoms. The van der Waals surface area contributed by atoms with Crippen LogP contribution in [0.4, 0.5) is 0 Å². The number of carbonyl (C=O) groups is 1. The molecule has 0 bridgehead atoms. The van der Waals surface area contributed by atoms with Crippen LogP contribution in [-0.2, 0) is 4.79 Å². The molecule has 1 aliphatic rings. The number of aliphatic carboxylic acids is 1. The first-order valence-electron chi connectivity index (χ1n) is 5.35. The van der Waals surface area contributed by atoms with E-state index < -0.39 is 11.9 Å². The van der Waals surface area contributed by atoms with Crippen LogP contribution in [0.2, 0.25) is 0 Å². The molecule has 1 aliphatic heterocycles. The second kappa shape index (κ2) is 5.30. The van der Waals surface area contributed by atoms with Crippen LogP contribution in [0.15, 0.2) is 18.6 Å². The van der Waals surface area contributed by atoms with Crippen molar-refractivity contribution in [3.8, 4) is 0 Å². The number of hydrogen-bond donors (Lipinski definition) is 1. The summed E-state index contributed by atoms with van der Waals surface area (Å²) in [5.74, 6) is 1.09. The highest BCUT2D eigenvalue weighted by Crippen LogP contribution is 2.34. The lowest BCUT2D eigenvalue weighted by molar-refractivity contribution is -0.140. The van der Waals surface area contributed by atoms with E-state index in [4.69, 9.17) is 0 Å². The van der Waals surface area contributed by atoms with Crippen molar-refractivity contribution in [1.29, 1.82) is 0 Å². The van der Waals surface area contributed by atoms with Crippen LogP contribution in [0.25, 0.3) is 0 Å². The number of hydrogen-bond acceptors (Lipinski definition) is 4. The Labute approximate surface area is 98.5 Å². The van der Waals surface area contributed by atoms with Crippen LogP contribution in [-0.4, -0.2) is 32.5 Å². The number of carboxylic acids is 1. The summed E-state index contributed by atoms with van der Waals surface area (Å²) in [5, 5.41) is 9.31. The predicted octanol–water partition coefficient (Wildman–Crippen LogP) is 1.79. The third-order valence-corrected chi connectivity index (χ3v) is 3.98. The van der Waals surface area contributed by atoms with Gasteiger partial charge in [0.1, 0.15) is 12.2 Å². The number of rotatable bonds is 3. The van der Waals surface area contributed by atoms with Crippen LogP contribution in [0, 0.1) is 5.92 Å². The van der Waals surface area contributed by atoms with Gasteiger partial charge in [-0.25, -0.2) is 9.97 Å². The molecule has 16 heavy (non-hydrogen) atoms. The Bertz CT molecular complexity index is 352. The van der Waals surface area contributed by atoms with Gasteiger partial charge in [-0.1, -0.05) is 0 Å². The van der Waals surface area contributed by atoms with Gasteiger partial charge in [0, 0.05) is 6.20 Å². The largest absolute Gasteiger partial charge is 0.481 e.